The van der Waals surface area contributed by atoms with Gasteiger partial charge in [-0.25, -0.2) is 9.18 Å². The first-order chi connectivity index (χ1) is 10.6. The normalized spacial score (nSPS) is 10.6. The molecule has 0 saturated carbocycles. The van der Waals surface area contributed by atoms with E-state index < -0.39 is 5.97 Å². The summed E-state index contributed by atoms with van der Waals surface area (Å²) >= 11 is 0. The van der Waals surface area contributed by atoms with Gasteiger partial charge in [0.2, 0.25) is 0 Å². The number of hydrogen-bond acceptors (Lipinski definition) is 3. The van der Waals surface area contributed by atoms with E-state index in [1.54, 1.807) is 36.4 Å². The lowest BCUT2D eigenvalue weighted by Gasteiger charge is -2.08. The molecule has 0 spiro atoms. The molecule has 0 saturated heterocycles. The number of hydrogen-bond donors (Lipinski definition) is 1. The minimum atomic E-state index is -0.988. The Kier molecular flexibility index (Phi) is 5.54. The largest absolute Gasteiger partial charge is 0.490 e. The second-order valence-corrected chi connectivity index (χ2v) is 4.39. The van der Waals surface area contributed by atoms with Crippen molar-refractivity contribution in [1.29, 1.82) is 0 Å². The summed E-state index contributed by atoms with van der Waals surface area (Å²) in [5.74, 6) is -0.0479. The molecular weight excluding hydrogens is 287 g/mol. The SMILES string of the molecule is O=C(O)C=Cc1ccc(OCCOc2ccc(F)cc2)cc1. The van der Waals surface area contributed by atoms with E-state index in [1.807, 2.05) is 0 Å². The van der Waals surface area contributed by atoms with Gasteiger partial charge in [0.05, 0.1) is 0 Å². The minimum absolute atomic E-state index is 0.305. The van der Waals surface area contributed by atoms with E-state index in [0.717, 1.165) is 11.6 Å². The molecule has 2 aromatic rings. The molecule has 0 aliphatic heterocycles. The smallest absolute Gasteiger partial charge is 0.328 e. The third kappa shape index (κ3) is 5.28. The Bertz CT molecular complexity index is 633. The average molecular weight is 302 g/mol. The lowest BCUT2D eigenvalue weighted by atomic mass is 10.2. The number of carboxylic acids is 1. The van der Waals surface area contributed by atoms with E-state index >= 15 is 0 Å². The van der Waals surface area contributed by atoms with Crippen molar-refractivity contribution in [3.05, 3.63) is 66.0 Å². The molecule has 0 fully saturated rings. The summed E-state index contributed by atoms with van der Waals surface area (Å²) in [6.45, 7) is 0.688. The molecule has 0 radical (unpaired) electrons. The highest BCUT2D eigenvalue weighted by Crippen LogP contribution is 2.14. The Hall–Kier alpha value is -2.82. The van der Waals surface area contributed by atoms with Gasteiger partial charge in [-0.05, 0) is 48.0 Å². The number of carboxylic acid groups (broad SMARTS) is 1. The molecule has 2 rings (SSSR count). The van der Waals surface area contributed by atoms with Crippen molar-refractivity contribution < 1.29 is 23.8 Å². The van der Waals surface area contributed by atoms with Crippen LogP contribution >= 0.6 is 0 Å². The van der Waals surface area contributed by atoms with Crippen LogP contribution < -0.4 is 9.47 Å². The van der Waals surface area contributed by atoms with Crippen molar-refractivity contribution in [3.8, 4) is 11.5 Å². The maximum atomic E-state index is 12.7. The van der Waals surface area contributed by atoms with Crippen LogP contribution in [0.15, 0.2) is 54.6 Å². The zero-order chi connectivity index (χ0) is 15.8. The molecule has 0 aliphatic carbocycles. The lowest BCUT2D eigenvalue weighted by Crippen LogP contribution is -2.08. The summed E-state index contributed by atoms with van der Waals surface area (Å²) in [6.07, 6.45) is 2.58. The minimum Gasteiger partial charge on any atom is -0.490 e. The van der Waals surface area contributed by atoms with Gasteiger partial charge in [0.1, 0.15) is 30.5 Å². The first-order valence-corrected chi connectivity index (χ1v) is 6.66. The Morgan fingerprint density at radius 2 is 1.45 bits per heavy atom. The van der Waals surface area contributed by atoms with Gasteiger partial charge < -0.3 is 14.6 Å². The highest BCUT2D eigenvalue weighted by Gasteiger charge is 1.97. The molecule has 0 atom stereocenters. The summed E-state index contributed by atoms with van der Waals surface area (Å²) in [5.41, 5.74) is 0.775. The van der Waals surface area contributed by atoms with Crippen LogP contribution in [-0.2, 0) is 4.79 Å². The van der Waals surface area contributed by atoms with Crippen LogP contribution in [0.25, 0.3) is 6.08 Å². The maximum Gasteiger partial charge on any atom is 0.328 e. The zero-order valence-electron chi connectivity index (χ0n) is 11.7. The first kappa shape index (κ1) is 15.6. The van der Waals surface area contributed by atoms with Crippen LogP contribution in [0.1, 0.15) is 5.56 Å². The number of rotatable bonds is 7. The predicted octanol–water partition coefficient (Wildman–Crippen LogP) is 3.38. The highest BCUT2D eigenvalue weighted by molar-refractivity contribution is 5.85. The number of aliphatic carboxylic acids is 1. The molecule has 0 amide bonds. The molecule has 2 aromatic carbocycles. The van der Waals surface area contributed by atoms with Gasteiger partial charge in [0.25, 0.3) is 0 Å². The van der Waals surface area contributed by atoms with Crippen LogP contribution in [0.5, 0.6) is 11.5 Å². The number of carbonyl (C=O) groups is 1. The van der Waals surface area contributed by atoms with Crippen molar-refractivity contribution in [3.63, 3.8) is 0 Å². The molecular formula is C17H15FO4. The van der Waals surface area contributed by atoms with Crippen molar-refractivity contribution in [1.82, 2.24) is 0 Å². The number of halogens is 1. The third-order valence-corrected chi connectivity index (χ3v) is 2.73. The standard InChI is InChI=1S/C17H15FO4/c18-14-4-8-16(9-5-14)22-12-11-21-15-6-1-13(2-7-15)3-10-17(19)20/h1-10H,11-12H2,(H,19,20). The van der Waals surface area contributed by atoms with Crippen LogP contribution in [0, 0.1) is 5.82 Å². The summed E-state index contributed by atoms with van der Waals surface area (Å²) in [7, 11) is 0. The van der Waals surface area contributed by atoms with Crippen LogP contribution in [0.2, 0.25) is 0 Å². The van der Waals surface area contributed by atoms with Gasteiger partial charge in [0.15, 0.2) is 0 Å². The molecule has 0 aliphatic rings. The molecule has 0 aromatic heterocycles. The molecule has 5 heteroatoms. The van der Waals surface area contributed by atoms with Crippen LogP contribution in [0.3, 0.4) is 0 Å². The van der Waals surface area contributed by atoms with E-state index in [-0.39, 0.29) is 5.82 Å². The van der Waals surface area contributed by atoms with Crippen LogP contribution in [0.4, 0.5) is 4.39 Å². The Morgan fingerprint density at radius 3 is 1.95 bits per heavy atom. The van der Waals surface area contributed by atoms with E-state index in [9.17, 15) is 9.18 Å². The molecule has 4 nitrogen and oxygen atoms in total. The van der Waals surface area contributed by atoms with E-state index in [2.05, 4.69) is 0 Å². The highest BCUT2D eigenvalue weighted by atomic mass is 19.1. The number of ether oxygens (including phenoxy) is 2. The van der Waals surface area contributed by atoms with Crippen molar-refractivity contribution in [2.75, 3.05) is 13.2 Å². The third-order valence-electron chi connectivity index (χ3n) is 2.73. The summed E-state index contributed by atoms with van der Waals surface area (Å²) < 4.78 is 23.6. The summed E-state index contributed by atoms with van der Waals surface area (Å²) in [5, 5.41) is 8.54. The van der Waals surface area contributed by atoms with E-state index in [0.29, 0.717) is 24.7 Å². The summed E-state index contributed by atoms with van der Waals surface area (Å²) in [6, 6.07) is 12.8. The molecule has 0 bridgehead atoms. The van der Waals surface area contributed by atoms with E-state index in [4.69, 9.17) is 14.6 Å². The van der Waals surface area contributed by atoms with E-state index in [1.165, 1.54) is 18.2 Å². The fourth-order valence-corrected chi connectivity index (χ4v) is 1.69. The summed E-state index contributed by atoms with van der Waals surface area (Å²) in [4.78, 5) is 10.4. The topological polar surface area (TPSA) is 55.8 Å². The Balaban J connectivity index is 1.75. The predicted molar refractivity (Wildman–Crippen MR) is 80.5 cm³/mol. The molecule has 0 heterocycles. The van der Waals surface area contributed by atoms with Gasteiger partial charge in [-0.2, -0.15) is 0 Å². The fourth-order valence-electron chi connectivity index (χ4n) is 1.69. The zero-order valence-corrected chi connectivity index (χ0v) is 11.7. The first-order valence-electron chi connectivity index (χ1n) is 6.66. The Morgan fingerprint density at radius 1 is 0.955 bits per heavy atom. The van der Waals surface area contributed by atoms with Gasteiger partial charge >= 0.3 is 5.97 Å². The molecule has 114 valence electrons. The lowest BCUT2D eigenvalue weighted by molar-refractivity contribution is -0.131. The Labute approximate surface area is 127 Å². The fraction of sp³-hybridized carbons (Fsp3) is 0.118. The van der Waals surface area contributed by atoms with Gasteiger partial charge in [-0.3, -0.25) is 0 Å². The quantitative estimate of drug-likeness (QED) is 0.629. The van der Waals surface area contributed by atoms with Gasteiger partial charge in [0, 0.05) is 6.08 Å². The average Bonchev–Trinajstić information content (AvgIpc) is 2.52. The monoisotopic (exact) mass is 302 g/mol. The van der Waals surface area contributed by atoms with Gasteiger partial charge in [-0.1, -0.05) is 12.1 Å². The second-order valence-electron chi connectivity index (χ2n) is 4.39. The van der Waals surface area contributed by atoms with Crippen molar-refractivity contribution in [2.24, 2.45) is 0 Å². The molecule has 1 N–H and O–H groups in total. The maximum absolute atomic E-state index is 12.7. The number of benzene rings is 2. The second kappa shape index (κ2) is 7.83. The van der Waals surface area contributed by atoms with Crippen LogP contribution in [-0.4, -0.2) is 24.3 Å². The van der Waals surface area contributed by atoms with Crippen molar-refractivity contribution >= 4 is 12.0 Å². The van der Waals surface area contributed by atoms with Crippen molar-refractivity contribution in [2.45, 2.75) is 0 Å². The molecule has 0 unspecified atom stereocenters. The van der Waals surface area contributed by atoms with Gasteiger partial charge in [-0.15, -0.1) is 0 Å². The molecule has 22 heavy (non-hydrogen) atoms.